The summed E-state index contributed by atoms with van der Waals surface area (Å²) in [6.07, 6.45) is 8.62. The molecular weight excluding hydrogens is 242 g/mol. The number of nitrogens with one attached hydrogen (secondary N) is 1. The minimum Gasteiger partial charge on any atom is -0.382 e. The van der Waals surface area contributed by atoms with Crippen LogP contribution < -0.4 is 5.32 Å². The summed E-state index contributed by atoms with van der Waals surface area (Å²) in [5, 5.41) is 3.69. The first-order chi connectivity index (χ1) is 9.35. The van der Waals surface area contributed by atoms with Crippen LogP contribution in [0.2, 0.25) is 0 Å². The summed E-state index contributed by atoms with van der Waals surface area (Å²) in [5.41, 5.74) is 0.263. The van der Waals surface area contributed by atoms with Gasteiger partial charge in [-0.1, -0.05) is 0 Å². The molecule has 112 valence electrons. The molecule has 1 heterocycles. The van der Waals surface area contributed by atoms with Crippen molar-refractivity contribution in [3.8, 4) is 0 Å². The summed E-state index contributed by atoms with van der Waals surface area (Å²) in [6, 6.07) is 0.670. The van der Waals surface area contributed by atoms with Crippen molar-refractivity contribution < 1.29 is 14.2 Å². The number of unbranched alkanes of at least 4 members (excludes halogenated alkanes) is 1. The van der Waals surface area contributed by atoms with Gasteiger partial charge in [0.05, 0.1) is 18.8 Å². The smallest absolute Gasteiger partial charge is 0.0700 e. The Kier molecular flexibility index (Phi) is 6.57. The maximum atomic E-state index is 5.94. The van der Waals surface area contributed by atoms with Gasteiger partial charge in [-0.2, -0.15) is 0 Å². The van der Waals surface area contributed by atoms with E-state index >= 15 is 0 Å². The number of methoxy groups -OCH3 is 1. The highest BCUT2D eigenvalue weighted by atomic mass is 16.5. The van der Waals surface area contributed by atoms with Crippen molar-refractivity contribution in [3.05, 3.63) is 0 Å². The maximum absolute atomic E-state index is 5.94. The highest BCUT2D eigenvalue weighted by Gasteiger charge is 2.42. The number of hydrogen-bond donors (Lipinski definition) is 1. The Hall–Kier alpha value is -0.160. The molecule has 19 heavy (non-hydrogen) atoms. The van der Waals surface area contributed by atoms with Crippen molar-refractivity contribution in [2.45, 2.75) is 56.6 Å². The molecular formula is C15H29NO3. The molecule has 1 N–H and O–H groups in total. The quantitative estimate of drug-likeness (QED) is 0.652. The van der Waals surface area contributed by atoms with E-state index in [0.29, 0.717) is 19.3 Å². The first-order valence-electron chi connectivity index (χ1n) is 7.79. The third kappa shape index (κ3) is 5.03. The molecule has 2 aliphatic rings. The zero-order valence-corrected chi connectivity index (χ0v) is 12.3. The normalized spacial score (nSPS) is 25.4. The maximum Gasteiger partial charge on any atom is 0.0700 e. The molecule has 1 unspecified atom stereocenters. The van der Waals surface area contributed by atoms with E-state index < -0.39 is 0 Å². The van der Waals surface area contributed by atoms with Crippen LogP contribution in [-0.2, 0) is 14.2 Å². The van der Waals surface area contributed by atoms with Gasteiger partial charge < -0.3 is 19.5 Å². The Bertz CT molecular complexity index is 244. The second-order valence-electron chi connectivity index (χ2n) is 5.84. The molecule has 0 bridgehead atoms. The zero-order chi connectivity index (χ0) is 13.4. The average molecular weight is 271 g/mol. The van der Waals surface area contributed by atoms with Crippen molar-refractivity contribution in [1.29, 1.82) is 0 Å². The predicted molar refractivity (Wildman–Crippen MR) is 75.5 cm³/mol. The van der Waals surface area contributed by atoms with E-state index in [1.54, 1.807) is 7.11 Å². The van der Waals surface area contributed by atoms with Crippen LogP contribution in [0, 0.1) is 0 Å². The molecule has 4 nitrogen and oxygen atoms in total. The fraction of sp³-hybridized carbons (Fsp3) is 1.00. The standard InChI is InChI=1S/C15H29NO3/c1-17-11-12-18-9-3-2-8-16-14-5-10-19-15(13-14)6-4-7-15/h14,16H,2-13H2,1H3. The Morgan fingerprint density at radius 3 is 2.84 bits per heavy atom. The van der Waals surface area contributed by atoms with Gasteiger partial charge >= 0.3 is 0 Å². The van der Waals surface area contributed by atoms with Crippen molar-refractivity contribution >= 4 is 0 Å². The van der Waals surface area contributed by atoms with E-state index in [1.165, 1.54) is 38.5 Å². The van der Waals surface area contributed by atoms with Crippen LogP contribution in [0.1, 0.15) is 44.9 Å². The summed E-state index contributed by atoms with van der Waals surface area (Å²) in [4.78, 5) is 0. The molecule has 0 radical (unpaired) electrons. The molecule has 2 rings (SSSR count). The van der Waals surface area contributed by atoms with Crippen molar-refractivity contribution in [1.82, 2.24) is 5.32 Å². The van der Waals surface area contributed by atoms with Crippen LogP contribution in [0.4, 0.5) is 0 Å². The lowest BCUT2D eigenvalue weighted by atomic mass is 9.74. The van der Waals surface area contributed by atoms with Crippen LogP contribution in [0.3, 0.4) is 0 Å². The van der Waals surface area contributed by atoms with Crippen molar-refractivity contribution in [3.63, 3.8) is 0 Å². The highest BCUT2D eigenvalue weighted by Crippen LogP contribution is 2.42. The average Bonchev–Trinajstić information content (AvgIpc) is 2.40. The van der Waals surface area contributed by atoms with Gasteiger partial charge in [-0.05, 0) is 51.5 Å². The van der Waals surface area contributed by atoms with E-state index in [1.807, 2.05) is 0 Å². The van der Waals surface area contributed by atoms with Gasteiger partial charge in [0, 0.05) is 26.4 Å². The lowest BCUT2D eigenvalue weighted by molar-refractivity contribution is -0.135. The molecule has 0 aromatic carbocycles. The summed E-state index contributed by atoms with van der Waals surface area (Å²) in [5.74, 6) is 0. The third-order valence-electron chi connectivity index (χ3n) is 4.34. The fourth-order valence-corrected chi connectivity index (χ4v) is 3.00. The second-order valence-corrected chi connectivity index (χ2v) is 5.84. The van der Waals surface area contributed by atoms with E-state index in [2.05, 4.69) is 5.32 Å². The molecule has 1 saturated heterocycles. The minimum absolute atomic E-state index is 0.263. The third-order valence-corrected chi connectivity index (χ3v) is 4.34. The molecule has 0 aromatic heterocycles. The number of rotatable bonds is 9. The van der Waals surface area contributed by atoms with Crippen LogP contribution >= 0.6 is 0 Å². The lowest BCUT2D eigenvalue weighted by Gasteiger charge is -2.47. The molecule has 1 aliphatic heterocycles. The minimum atomic E-state index is 0.263. The SMILES string of the molecule is COCCOCCCCNC1CCOC2(CCC2)C1. The van der Waals surface area contributed by atoms with E-state index in [-0.39, 0.29) is 5.60 Å². The van der Waals surface area contributed by atoms with Gasteiger partial charge in [0.25, 0.3) is 0 Å². The molecule has 1 aliphatic carbocycles. The Labute approximate surface area is 117 Å². The van der Waals surface area contributed by atoms with Crippen LogP contribution in [0.5, 0.6) is 0 Å². The van der Waals surface area contributed by atoms with Gasteiger partial charge in [-0.15, -0.1) is 0 Å². The Morgan fingerprint density at radius 1 is 1.21 bits per heavy atom. The van der Waals surface area contributed by atoms with Crippen molar-refractivity contribution in [2.24, 2.45) is 0 Å². The van der Waals surface area contributed by atoms with Gasteiger partial charge in [-0.25, -0.2) is 0 Å². The summed E-state index contributed by atoms with van der Waals surface area (Å²) in [6.45, 7) is 4.31. The van der Waals surface area contributed by atoms with Crippen LogP contribution in [-0.4, -0.2) is 51.7 Å². The predicted octanol–water partition coefficient (Wildman–Crippen LogP) is 2.12. The lowest BCUT2D eigenvalue weighted by Crippen LogP contribution is -2.51. The Balaban J connectivity index is 1.44. The van der Waals surface area contributed by atoms with E-state index in [0.717, 1.165) is 26.2 Å². The molecule has 1 saturated carbocycles. The second kappa shape index (κ2) is 8.20. The van der Waals surface area contributed by atoms with Gasteiger partial charge in [0.1, 0.15) is 0 Å². The highest BCUT2D eigenvalue weighted by molar-refractivity contribution is 4.95. The van der Waals surface area contributed by atoms with E-state index in [9.17, 15) is 0 Å². The molecule has 1 atom stereocenters. The van der Waals surface area contributed by atoms with Crippen LogP contribution in [0.25, 0.3) is 0 Å². The monoisotopic (exact) mass is 271 g/mol. The molecule has 0 amide bonds. The number of hydrogen-bond acceptors (Lipinski definition) is 4. The van der Waals surface area contributed by atoms with Crippen LogP contribution in [0.15, 0.2) is 0 Å². The van der Waals surface area contributed by atoms with Gasteiger partial charge in [-0.3, -0.25) is 0 Å². The molecule has 1 spiro atoms. The first kappa shape index (κ1) is 15.2. The summed E-state index contributed by atoms with van der Waals surface area (Å²) >= 11 is 0. The fourth-order valence-electron chi connectivity index (χ4n) is 3.00. The van der Waals surface area contributed by atoms with Gasteiger partial charge in [0.15, 0.2) is 0 Å². The molecule has 4 heteroatoms. The van der Waals surface area contributed by atoms with Gasteiger partial charge in [0.2, 0.25) is 0 Å². The summed E-state index contributed by atoms with van der Waals surface area (Å²) < 4.78 is 16.3. The zero-order valence-electron chi connectivity index (χ0n) is 12.3. The van der Waals surface area contributed by atoms with Crippen molar-refractivity contribution in [2.75, 3.05) is 40.1 Å². The largest absolute Gasteiger partial charge is 0.382 e. The molecule has 2 fully saturated rings. The number of ether oxygens (including phenoxy) is 3. The molecule has 0 aromatic rings. The Morgan fingerprint density at radius 2 is 2.11 bits per heavy atom. The first-order valence-corrected chi connectivity index (χ1v) is 7.79. The summed E-state index contributed by atoms with van der Waals surface area (Å²) in [7, 11) is 1.70. The topological polar surface area (TPSA) is 39.7 Å². The van der Waals surface area contributed by atoms with E-state index in [4.69, 9.17) is 14.2 Å².